The maximum atomic E-state index is 12.2. The van der Waals surface area contributed by atoms with Gasteiger partial charge in [0.25, 0.3) is 5.91 Å². The highest BCUT2D eigenvalue weighted by Gasteiger charge is 2.21. The summed E-state index contributed by atoms with van der Waals surface area (Å²) in [5, 5.41) is 20.9. The highest BCUT2D eigenvalue weighted by molar-refractivity contribution is 7.98. The van der Waals surface area contributed by atoms with Gasteiger partial charge in [-0.3, -0.25) is 4.79 Å². The molecule has 0 fully saturated rings. The number of carbonyl (C=O) groups excluding carboxylic acids is 1. The van der Waals surface area contributed by atoms with E-state index in [2.05, 4.69) is 19.2 Å². The van der Waals surface area contributed by atoms with Gasteiger partial charge in [-0.05, 0) is 31.3 Å². The van der Waals surface area contributed by atoms with E-state index < -0.39 is 17.9 Å². The number of amides is 1. The Bertz CT molecular complexity index is 452. The summed E-state index contributed by atoms with van der Waals surface area (Å²) in [6, 6.07) is 0.924. The van der Waals surface area contributed by atoms with Gasteiger partial charge in [0.2, 0.25) is 0 Å². The molecular weight excluding hydrogens is 326 g/mol. The fraction of sp³-hybridized carbons (Fsp3) is 0.706. The number of rotatable bonds is 13. The molecule has 1 amide bonds. The molecule has 0 aromatic heterocycles. The molecule has 7 heteroatoms. The summed E-state index contributed by atoms with van der Waals surface area (Å²) in [5.74, 6) is -1.07. The van der Waals surface area contributed by atoms with E-state index in [9.17, 15) is 20.0 Å². The number of nitrogens with zero attached hydrogens (tertiary/aromatic N) is 2. The van der Waals surface area contributed by atoms with Crippen LogP contribution < -0.4 is 5.32 Å². The predicted octanol–water partition coefficient (Wildman–Crippen LogP) is 2.62. The second-order valence-electron chi connectivity index (χ2n) is 5.54. The zero-order chi connectivity index (χ0) is 18.4. The minimum atomic E-state index is -1.08. The van der Waals surface area contributed by atoms with Gasteiger partial charge >= 0.3 is 5.97 Å². The summed E-state index contributed by atoms with van der Waals surface area (Å²) in [5.41, 5.74) is -0.0439. The molecule has 0 rings (SSSR count). The standard InChI is InChI=1S/C17H29N3O3S/c1-4-6-9-20(10-7-5-2)13-14(12-18)16(21)19-15(17(22)23)8-11-24-3/h13,15H,4-11H2,1-3H3,(H,19,21)(H,22,23)/b14-13-. The summed E-state index contributed by atoms with van der Waals surface area (Å²) in [6.45, 7) is 5.74. The first-order chi connectivity index (χ1) is 11.5. The maximum Gasteiger partial charge on any atom is 0.326 e. The molecule has 24 heavy (non-hydrogen) atoms. The molecule has 136 valence electrons. The van der Waals surface area contributed by atoms with E-state index >= 15 is 0 Å². The summed E-state index contributed by atoms with van der Waals surface area (Å²) in [7, 11) is 0. The third-order valence-corrected chi connectivity index (χ3v) is 4.13. The van der Waals surface area contributed by atoms with Crippen molar-refractivity contribution in [3.63, 3.8) is 0 Å². The van der Waals surface area contributed by atoms with Crippen molar-refractivity contribution in [3.8, 4) is 6.07 Å². The van der Waals surface area contributed by atoms with E-state index in [1.165, 1.54) is 11.8 Å². The quantitative estimate of drug-likeness (QED) is 0.390. The number of hydrogen-bond acceptors (Lipinski definition) is 5. The van der Waals surface area contributed by atoms with Gasteiger partial charge < -0.3 is 15.3 Å². The Kier molecular flexibility index (Phi) is 12.8. The lowest BCUT2D eigenvalue weighted by atomic mass is 10.2. The molecule has 0 spiro atoms. The van der Waals surface area contributed by atoms with Gasteiger partial charge in [0, 0.05) is 19.3 Å². The van der Waals surface area contributed by atoms with E-state index in [1.807, 2.05) is 17.2 Å². The van der Waals surface area contributed by atoms with Crippen LogP contribution >= 0.6 is 11.8 Å². The van der Waals surface area contributed by atoms with Gasteiger partial charge in [-0.1, -0.05) is 26.7 Å². The number of carboxylic acid groups (broad SMARTS) is 1. The molecular formula is C17H29N3O3S. The van der Waals surface area contributed by atoms with Crippen LogP contribution in [-0.2, 0) is 9.59 Å². The third-order valence-electron chi connectivity index (χ3n) is 3.49. The minimum Gasteiger partial charge on any atom is -0.480 e. The van der Waals surface area contributed by atoms with Crippen molar-refractivity contribution < 1.29 is 14.7 Å². The fourth-order valence-electron chi connectivity index (χ4n) is 2.01. The van der Waals surface area contributed by atoms with Crippen molar-refractivity contribution in [3.05, 3.63) is 11.8 Å². The zero-order valence-corrected chi connectivity index (χ0v) is 15.7. The van der Waals surface area contributed by atoms with Crippen LogP contribution in [-0.4, -0.2) is 53.0 Å². The van der Waals surface area contributed by atoms with Crippen LogP contribution in [0.2, 0.25) is 0 Å². The Hall–Kier alpha value is -1.68. The molecule has 0 aliphatic rings. The van der Waals surface area contributed by atoms with Gasteiger partial charge in [0.05, 0.1) is 0 Å². The Labute approximate surface area is 149 Å². The van der Waals surface area contributed by atoms with Crippen molar-refractivity contribution >= 4 is 23.6 Å². The zero-order valence-electron chi connectivity index (χ0n) is 14.9. The Morgan fingerprint density at radius 1 is 1.29 bits per heavy atom. The number of carbonyl (C=O) groups is 2. The van der Waals surface area contributed by atoms with Crippen LogP contribution in [0.4, 0.5) is 0 Å². The summed E-state index contributed by atoms with van der Waals surface area (Å²) >= 11 is 1.51. The molecule has 0 saturated carbocycles. The second kappa shape index (κ2) is 13.7. The lowest BCUT2D eigenvalue weighted by Crippen LogP contribution is -2.42. The molecule has 0 aromatic carbocycles. The Balaban J connectivity index is 4.99. The van der Waals surface area contributed by atoms with E-state index in [4.69, 9.17) is 0 Å². The minimum absolute atomic E-state index is 0.0439. The molecule has 0 aliphatic carbocycles. The van der Waals surface area contributed by atoms with Crippen LogP contribution in [0.15, 0.2) is 11.8 Å². The first-order valence-corrected chi connectivity index (χ1v) is 9.78. The van der Waals surface area contributed by atoms with Crippen LogP contribution in [0.3, 0.4) is 0 Å². The lowest BCUT2D eigenvalue weighted by molar-refractivity contribution is -0.141. The topological polar surface area (TPSA) is 93.4 Å². The molecule has 0 aliphatic heterocycles. The average Bonchev–Trinajstić information content (AvgIpc) is 2.57. The lowest BCUT2D eigenvalue weighted by Gasteiger charge is -2.21. The van der Waals surface area contributed by atoms with Crippen LogP contribution in [0.5, 0.6) is 0 Å². The number of aliphatic carboxylic acids is 1. The number of thioether (sulfide) groups is 1. The average molecular weight is 356 g/mol. The normalized spacial score (nSPS) is 12.3. The van der Waals surface area contributed by atoms with Crippen molar-refractivity contribution in [1.82, 2.24) is 10.2 Å². The number of unbranched alkanes of at least 4 members (excludes halogenated alkanes) is 2. The molecule has 2 N–H and O–H groups in total. The molecule has 0 saturated heterocycles. The molecule has 1 atom stereocenters. The smallest absolute Gasteiger partial charge is 0.326 e. The molecule has 0 heterocycles. The fourth-order valence-corrected chi connectivity index (χ4v) is 2.48. The summed E-state index contributed by atoms with van der Waals surface area (Å²) in [4.78, 5) is 25.4. The third kappa shape index (κ3) is 9.46. The Morgan fingerprint density at radius 3 is 2.29 bits per heavy atom. The van der Waals surface area contributed by atoms with E-state index in [0.717, 1.165) is 38.8 Å². The van der Waals surface area contributed by atoms with Gasteiger partial charge in [-0.15, -0.1) is 0 Å². The van der Waals surface area contributed by atoms with E-state index in [0.29, 0.717) is 12.2 Å². The summed E-state index contributed by atoms with van der Waals surface area (Å²) in [6.07, 6.45) is 7.78. The predicted molar refractivity (Wildman–Crippen MR) is 97.7 cm³/mol. The number of nitriles is 1. The maximum absolute atomic E-state index is 12.2. The van der Waals surface area contributed by atoms with Crippen LogP contribution in [0.1, 0.15) is 46.0 Å². The molecule has 1 unspecified atom stereocenters. The highest BCUT2D eigenvalue weighted by Crippen LogP contribution is 2.06. The van der Waals surface area contributed by atoms with Crippen molar-refractivity contribution in [1.29, 1.82) is 5.26 Å². The first kappa shape index (κ1) is 22.3. The number of carboxylic acids is 1. The molecule has 0 aromatic rings. The van der Waals surface area contributed by atoms with Gasteiger partial charge in [-0.2, -0.15) is 17.0 Å². The van der Waals surface area contributed by atoms with E-state index in [-0.39, 0.29) is 5.57 Å². The van der Waals surface area contributed by atoms with E-state index in [1.54, 1.807) is 6.20 Å². The Morgan fingerprint density at radius 2 is 1.88 bits per heavy atom. The van der Waals surface area contributed by atoms with Gasteiger partial charge in [0.15, 0.2) is 0 Å². The van der Waals surface area contributed by atoms with Gasteiger partial charge in [0.1, 0.15) is 17.7 Å². The monoisotopic (exact) mass is 355 g/mol. The number of hydrogen-bond donors (Lipinski definition) is 2. The van der Waals surface area contributed by atoms with Crippen LogP contribution in [0, 0.1) is 11.3 Å². The molecule has 6 nitrogen and oxygen atoms in total. The largest absolute Gasteiger partial charge is 0.480 e. The van der Waals surface area contributed by atoms with Crippen molar-refractivity contribution in [2.75, 3.05) is 25.1 Å². The number of nitrogens with one attached hydrogen (secondary N) is 1. The highest BCUT2D eigenvalue weighted by atomic mass is 32.2. The SMILES string of the molecule is CCCCN(/C=C(/C#N)C(=O)NC(CCSC)C(=O)O)CCCC. The van der Waals surface area contributed by atoms with Gasteiger partial charge in [-0.25, -0.2) is 4.79 Å². The molecule has 0 radical (unpaired) electrons. The summed E-state index contributed by atoms with van der Waals surface area (Å²) < 4.78 is 0. The first-order valence-electron chi connectivity index (χ1n) is 8.38. The van der Waals surface area contributed by atoms with Crippen LogP contribution in [0.25, 0.3) is 0 Å². The van der Waals surface area contributed by atoms with Crippen molar-refractivity contribution in [2.24, 2.45) is 0 Å². The van der Waals surface area contributed by atoms with Crippen molar-refractivity contribution in [2.45, 2.75) is 52.0 Å². The second-order valence-corrected chi connectivity index (χ2v) is 6.53. The molecule has 0 bridgehead atoms.